The van der Waals surface area contributed by atoms with Gasteiger partial charge in [0.2, 0.25) is 0 Å². The van der Waals surface area contributed by atoms with Gasteiger partial charge in [-0.3, -0.25) is 4.99 Å². The smallest absolute Gasteiger partial charge is 0.319 e. The van der Waals surface area contributed by atoms with Gasteiger partial charge in [-0.15, -0.1) is 0 Å². The van der Waals surface area contributed by atoms with E-state index in [1.54, 1.807) is 0 Å². The van der Waals surface area contributed by atoms with Gasteiger partial charge in [0.25, 0.3) is 0 Å². The highest BCUT2D eigenvalue weighted by Crippen LogP contribution is 2.15. The molecule has 0 fully saturated rings. The van der Waals surface area contributed by atoms with Gasteiger partial charge in [0.1, 0.15) is 0 Å². The molecule has 0 saturated carbocycles. The number of carbonyl (C=O) groups excluding carboxylic acids is 1. The molecule has 0 atom stereocenters. The number of hydrogen-bond acceptors (Lipinski definition) is 4. The first kappa shape index (κ1) is 19.5. The molecule has 1 heterocycles. The number of para-hydroxylation sites is 1. The lowest BCUT2D eigenvalue weighted by atomic mass is 10.0. The van der Waals surface area contributed by atoms with Gasteiger partial charge in [-0.05, 0) is 47.4 Å². The van der Waals surface area contributed by atoms with E-state index in [0.717, 1.165) is 42.4 Å². The fraction of sp³-hybridized carbons (Fsp3) is 0.167. The van der Waals surface area contributed by atoms with Crippen LogP contribution in [0.15, 0.2) is 83.9 Å². The number of hydrogen-bond donors (Lipinski definition) is 4. The summed E-state index contributed by atoms with van der Waals surface area (Å²) in [5.41, 5.74) is 5.34. The molecule has 6 nitrogen and oxygen atoms in total. The average molecular weight is 399 g/mol. The number of anilines is 2. The quantitative estimate of drug-likeness (QED) is 0.507. The summed E-state index contributed by atoms with van der Waals surface area (Å²) in [4.78, 5) is 16.3. The molecule has 1 aliphatic heterocycles. The normalized spacial score (nSPS) is 12.6. The summed E-state index contributed by atoms with van der Waals surface area (Å²) in [7, 11) is 0. The van der Waals surface area contributed by atoms with Crippen LogP contribution >= 0.6 is 0 Å². The van der Waals surface area contributed by atoms with Crippen LogP contribution in [0.5, 0.6) is 0 Å². The van der Waals surface area contributed by atoms with Gasteiger partial charge in [0.05, 0.1) is 6.54 Å². The van der Waals surface area contributed by atoms with E-state index in [1.165, 1.54) is 11.1 Å². The molecule has 3 aromatic carbocycles. The minimum Gasteiger partial charge on any atom is -0.354 e. The van der Waals surface area contributed by atoms with Gasteiger partial charge in [0, 0.05) is 24.5 Å². The third-order valence-electron chi connectivity index (χ3n) is 4.81. The zero-order valence-corrected chi connectivity index (χ0v) is 16.7. The molecule has 30 heavy (non-hydrogen) atoms. The van der Waals surface area contributed by atoms with Gasteiger partial charge >= 0.3 is 6.03 Å². The monoisotopic (exact) mass is 399 g/mol. The van der Waals surface area contributed by atoms with Gasteiger partial charge in [-0.1, -0.05) is 54.6 Å². The number of benzene rings is 3. The van der Waals surface area contributed by atoms with Crippen molar-refractivity contribution in [1.82, 2.24) is 10.6 Å². The fourth-order valence-electron chi connectivity index (χ4n) is 3.21. The summed E-state index contributed by atoms with van der Waals surface area (Å²) in [5.74, 6) is 0.837. The highest BCUT2D eigenvalue weighted by molar-refractivity contribution is 5.94. The van der Waals surface area contributed by atoms with Crippen LogP contribution in [0, 0.1) is 0 Å². The van der Waals surface area contributed by atoms with Crippen LogP contribution in [0.3, 0.4) is 0 Å². The average Bonchev–Trinajstić information content (AvgIpc) is 3.28. The molecule has 0 saturated heterocycles. The molecule has 1 aliphatic rings. The zero-order chi connectivity index (χ0) is 20.6. The summed E-state index contributed by atoms with van der Waals surface area (Å²) >= 11 is 0. The summed E-state index contributed by atoms with van der Waals surface area (Å²) in [5, 5.41) is 12.2. The predicted molar refractivity (Wildman–Crippen MR) is 122 cm³/mol. The second-order valence-electron chi connectivity index (χ2n) is 7.15. The Bertz CT molecular complexity index is 998. The highest BCUT2D eigenvalue weighted by atomic mass is 16.2. The first-order valence-electron chi connectivity index (χ1n) is 10.1. The van der Waals surface area contributed by atoms with E-state index in [9.17, 15) is 4.79 Å². The molecule has 0 unspecified atom stereocenters. The van der Waals surface area contributed by atoms with E-state index in [-0.39, 0.29) is 6.03 Å². The number of urea groups is 1. The van der Waals surface area contributed by atoms with E-state index < -0.39 is 0 Å². The van der Waals surface area contributed by atoms with Gasteiger partial charge < -0.3 is 21.3 Å². The molecule has 0 bridgehead atoms. The second kappa shape index (κ2) is 9.60. The Morgan fingerprint density at radius 2 is 1.50 bits per heavy atom. The minimum atomic E-state index is -0.210. The SMILES string of the molecule is O=C(NCc1ccc(Cc2ccc(NC3=NCCN3)cc2)cc1)Nc1ccccc1. The Labute approximate surface area is 176 Å². The van der Waals surface area contributed by atoms with Crippen molar-refractivity contribution in [1.29, 1.82) is 0 Å². The number of rotatable bonds is 6. The van der Waals surface area contributed by atoms with Crippen LogP contribution in [0.25, 0.3) is 0 Å². The Morgan fingerprint density at radius 1 is 0.833 bits per heavy atom. The number of nitrogens with zero attached hydrogens (tertiary/aromatic N) is 1. The highest BCUT2D eigenvalue weighted by Gasteiger charge is 2.05. The molecule has 0 aliphatic carbocycles. The predicted octanol–water partition coefficient (Wildman–Crippen LogP) is 3.97. The molecule has 6 heteroatoms. The molecule has 152 valence electrons. The van der Waals surface area contributed by atoms with Crippen molar-refractivity contribution >= 4 is 23.4 Å². The minimum absolute atomic E-state index is 0.210. The molecule has 0 spiro atoms. The van der Waals surface area contributed by atoms with Crippen LogP contribution in [0.2, 0.25) is 0 Å². The van der Waals surface area contributed by atoms with Crippen molar-refractivity contribution in [2.24, 2.45) is 4.99 Å². The molecule has 3 aromatic rings. The molecular weight excluding hydrogens is 374 g/mol. The third-order valence-corrected chi connectivity index (χ3v) is 4.81. The van der Waals surface area contributed by atoms with Gasteiger partial charge in [-0.2, -0.15) is 0 Å². The zero-order valence-electron chi connectivity index (χ0n) is 16.7. The van der Waals surface area contributed by atoms with Crippen LogP contribution in [-0.2, 0) is 13.0 Å². The second-order valence-corrected chi connectivity index (χ2v) is 7.15. The van der Waals surface area contributed by atoms with Crippen molar-refractivity contribution < 1.29 is 4.79 Å². The molecule has 4 rings (SSSR count). The maximum atomic E-state index is 12.0. The standard InChI is InChI=1S/C24H25N5O/c30-24(29-21-4-2-1-3-5-21)27-17-20-8-6-18(7-9-20)16-19-10-12-22(13-11-19)28-23-25-14-15-26-23/h1-13H,14-17H2,(H2,25,26,28)(H2,27,29,30). The van der Waals surface area contributed by atoms with Crippen molar-refractivity contribution in [3.05, 3.63) is 95.6 Å². The summed E-state index contributed by atoms with van der Waals surface area (Å²) in [6.45, 7) is 2.20. The van der Waals surface area contributed by atoms with E-state index >= 15 is 0 Å². The Balaban J connectivity index is 1.25. The van der Waals surface area contributed by atoms with E-state index in [1.807, 2.05) is 30.3 Å². The Morgan fingerprint density at radius 3 is 2.17 bits per heavy atom. The molecule has 0 radical (unpaired) electrons. The number of amides is 2. The lowest BCUT2D eigenvalue weighted by molar-refractivity contribution is 0.251. The number of aliphatic imine (C=N–C) groups is 1. The molecule has 2 amide bonds. The third kappa shape index (κ3) is 5.61. The maximum Gasteiger partial charge on any atom is 0.319 e. The van der Waals surface area contributed by atoms with Crippen molar-refractivity contribution in [3.8, 4) is 0 Å². The topological polar surface area (TPSA) is 77.5 Å². The summed E-state index contributed by atoms with van der Waals surface area (Å²) in [6, 6.07) is 25.9. The molecule has 4 N–H and O–H groups in total. The van der Waals surface area contributed by atoms with E-state index in [0.29, 0.717) is 6.54 Å². The van der Waals surface area contributed by atoms with Crippen molar-refractivity contribution in [2.75, 3.05) is 23.7 Å². The Hall–Kier alpha value is -3.80. The van der Waals surface area contributed by atoms with Crippen molar-refractivity contribution in [2.45, 2.75) is 13.0 Å². The first-order chi connectivity index (χ1) is 14.7. The Kier molecular flexibility index (Phi) is 6.25. The lowest BCUT2D eigenvalue weighted by Crippen LogP contribution is -2.28. The maximum absolute atomic E-state index is 12.0. The first-order valence-corrected chi connectivity index (χ1v) is 10.1. The largest absolute Gasteiger partial charge is 0.354 e. The summed E-state index contributed by atoms with van der Waals surface area (Å²) < 4.78 is 0. The van der Waals surface area contributed by atoms with Gasteiger partial charge in [-0.25, -0.2) is 4.79 Å². The van der Waals surface area contributed by atoms with Crippen LogP contribution in [-0.4, -0.2) is 25.1 Å². The summed E-state index contributed by atoms with van der Waals surface area (Å²) in [6.07, 6.45) is 0.863. The molecule has 0 aromatic heterocycles. The van der Waals surface area contributed by atoms with Crippen LogP contribution in [0.4, 0.5) is 16.2 Å². The van der Waals surface area contributed by atoms with E-state index in [2.05, 4.69) is 74.8 Å². The lowest BCUT2D eigenvalue weighted by Gasteiger charge is -2.09. The number of nitrogens with one attached hydrogen (secondary N) is 4. The van der Waals surface area contributed by atoms with E-state index in [4.69, 9.17) is 0 Å². The van der Waals surface area contributed by atoms with Gasteiger partial charge in [0.15, 0.2) is 5.96 Å². The van der Waals surface area contributed by atoms with Crippen LogP contribution in [0.1, 0.15) is 16.7 Å². The molecular formula is C24H25N5O. The van der Waals surface area contributed by atoms with Crippen LogP contribution < -0.4 is 21.3 Å². The van der Waals surface area contributed by atoms with Crippen molar-refractivity contribution in [3.63, 3.8) is 0 Å². The number of guanidine groups is 1. The number of carbonyl (C=O) groups is 1. The fourth-order valence-corrected chi connectivity index (χ4v) is 3.21.